The number of rotatable bonds is 5. The second-order valence-corrected chi connectivity index (χ2v) is 5.66. The van der Waals surface area contributed by atoms with Gasteiger partial charge in [-0.05, 0) is 37.8 Å². The molecule has 1 aliphatic rings. The van der Waals surface area contributed by atoms with E-state index in [1.807, 2.05) is 11.8 Å². The van der Waals surface area contributed by atoms with E-state index in [9.17, 15) is 0 Å². The summed E-state index contributed by atoms with van der Waals surface area (Å²) >= 11 is 1.92. The lowest BCUT2D eigenvalue weighted by Gasteiger charge is -2.15. The quantitative estimate of drug-likeness (QED) is 0.875. The first kappa shape index (κ1) is 13.0. The highest BCUT2D eigenvalue weighted by atomic mass is 32.2. The second-order valence-electron chi connectivity index (χ2n) is 4.68. The number of nitrogens with zero attached hydrogens (tertiary/aromatic N) is 2. The maximum atomic E-state index is 4.83. The number of thioether (sulfide) groups is 1. The maximum absolute atomic E-state index is 4.83. The van der Waals surface area contributed by atoms with Gasteiger partial charge in [-0.3, -0.25) is 0 Å². The average molecular weight is 253 g/mol. The summed E-state index contributed by atoms with van der Waals surface area (Å²) in [7, 11) is 0. The predicted molar refractivity (Wildman–Crippen MR) is 74.6 cm³/mol. The molecule has 1 aromatic heterocycles. The van der Waals surface area contributed by atoms with Crippen molar-refractivity contribution in [2.24, 2.45) is 0 Å². The van der Waals surface area contributed by atoms with E-state index in [0.717, 1.165) is 19.5 Å². The third kappa shape index (κ3) is 3.26. The minimum atomic E-state index is 0.454. The van der Waals surface area contributed by atoms with Crippen LogP contribution in [0.25, 0.3) is 0 Å². The molecule has 0 radical (unpaired) electrons. The zero-order valence-corrected chi connectivity index (χ0v) is 11.7. The lowest BCUT2D eigenvalue weighted by Crippen LogP contribution is -2.22. The molecule has 0 saturated carbocycles. The van der Waals surface area contributed by atoms with E-state index >= 15 is 0 Å². The zero-order valence-electron chi connectivity index (χ0n) is 10.9. The van der Waals surface area contributed by atoms with Gasteiger partial charge in [-0.15, -0.1) is 0 Å². The molecule has 1 atom stereocenters. The Morgan fingerprint density at radius 3 is 3.24 bits per heavy atom. The molecule has 4 heteroatoms. The highest BCUT2D eigenvalue weighted by Gasteiger charge is 2.20. The van der Waals surface area contributed by atoms with Gasteiger partial charge >= 0.3 is 0 Å². The molecular formula is C13H23N3S. The Labute approximate surface area is 108 Å². The van der Waals surface area contributed by atoms with Gasteiger partial charge in [0.2, 0.25) is 0 Å². The van der Waals surface area contributed by atoms with Crippen LogP contribution in [0.3, 0.4) is 0 Å². The topological polar surface area (TPSA) is 29.9 Å². The third-order valence-electron chi connectivity index (χ3n) is 3.25. The highest BCUT2D eigenvalue weighted by Crippen LogP contribution is 2.21. The van der Waals surface area contributed by atoms with Gasteiger partial charge in [0.05, 0.1) is 11.7 Å². The van der Waals surface area contributed by atoms with Gasteiger partial charge in [0, 0.05) is 12.7 Å². The molecule has 0 spiro atoms. The normalized spacial score (nSPS) is 20.0. The van der Waals surface area contributed by atoms with Crippen molar-refractivity contribution < 1.29 is 0 Å². The van der Waals surface area contributed by atoms with Crippen LogP contribution in [0.5, 0.6) is 0 Å². The van der Waals surface area contributed by atoms with E-state index in [-0.39, 0.29) is 0 Å². The number of aryl methyl sites for hydroxylation is 2. The molecule has 0 aliphatic carbocycles. The second kappa shape index (κ2) is 6.45. The molecule has 96 valence electrons. The Bertz CT molecular complexity index is 348. The molecule has 1 aliphatic heterocycles. The van der Waals surface area contributed by atoms with Gasteiger partial charge in [-0.2, -0.15) is 11.8 Å². The van der Waals surface area contributed by atoms with E-state index in [0.29, 0.717) is 6.04 Å². The van der Waals surface area contributed by atoms with E-state index in [4.69, 9.17) is 4.98 Å². The summed E-state index contributed by atoms with van der Waals surface area (Å²) in [5, 5.41) is 3.63. The number of fused-ring (bicyclic) bond motifs is 1. The van der Waals surface area contributed by atoms with Crippen LogP contribution >= 0.6 is 11.8 Å². The van der Waals surface area contributed by atoms with Crippen molar-refractivity contribution in [3.63, 3.8) is 0 Å². The van der Waals surface area contributed by atoms with E-state index in [2.05, 4.69) is 29.3 Å². The summed E-state index contributed by atoms with van der Waals surface area (Å²) in [6.45, 7) is 4.45. The van der Waals surface area contributed by atoms with Crippen LogP contribution in [-0.2, 0) is 13.0 Å². The van der Waals surface area contributed by atoms with Gasteiger partial charge in [0.25, 0.3) is 0 Å². The zero-order chi connectivity index (χ0) is 12.1. The molecule has 2 rings (SSSR count). The Kier molecular flexibility index (Phi) is 4.92. The van der Waals surface area contributed by atoms with Crippen molar-refractivity contribution in [2.75, 3.05) is 18.6 Å². The molecular weight excluding hydrogens is 230 g/mol. The largest absolute Gasteiger partial charge is 0.333 e. The molecule has 3 nitrogen and oxygen atoms in total. The van der Waals surface area contributed by atoms with Crippen molar-refractivity contribution in [1.82, 2.24) is 14.9 Å². The standard InChI is InChI=1S/C13H23N3S/c1-3-5-11-10-16-8-4-7-14-12(6-9-17-2)13(16)15-11/h10,12,14H,3-9H2,1-2H3/t12-/m0/s1. The summed E-state index contributed by atoms with van der Waals surface area (Å²) in [6.07, 6.45) is 9.12. The van der Waals surface area contributed by atoms with Crippen molar-refractivity contribution in [2.45, 2.75) is 45.2 Å². The van der Waals surface area contributed by atoms with Crippen molar-refractivity contribution >= 4 is 11.8 Å². The molecule has 1 aromatic rings. The minimum absolute atomic E-state index is 0.454. The van der Waals surface area contributed by atoms with Crippen LogP contribution in [0.1, 0.15) is 43.7 Å². The first-order chi connectivity index (χ1) is 8.35. The predicted octanol–water partition coefficient (Wildman–Crippen LogP) is 2.62. The smallest absolute Gasteiger partial charge is 0.126 e. The van der Waals surface area contributed by atoms with E-state index in [1.54, 1.807) is 0 Å². The molecule has 1 N–H and O–H groups in total. The summed E-state index contributed by atoms with van der Waals surface area (Å²) < 4.78 is 2.37. The molecule has 17 heavy (non-hydrogen) atoms. The van der Waals surface area contributed by atoms with Gasteiger partial charge in [0.1, 0.15) is 5.82 Å². The van der Waals surface area contributed by atoms with Gasteiger partial charge < -0.3 is 9.88 Å². The summed E-state index contributed by atoms with van der Waals surface area (Å²) in [5.41, 5.74) is 1.26. The van der Waals surface area contributed by atoms with Crippen LogP contribution < -0.4 is 5.32 Å². The van der Waals surface area contributed by atoms with Crippen molar-refractivity contribution in [3.05, 3.63) is 17.7 Å². The minimum Gasteiger partial charge on any atom is -0.333 e. The fourth-order valence-corrected chi connectivity index (χ4v) is 2.88. The molecule has 0 bridgehead atoms. The number of hydrogen-bond donors (Lipinski definition) is 1. The summed E-state index contributed by atoms with van der Waals surface area (Å²) in [6, 6.07) is 0.454. The average Bonchev–Trinajstić information content (AvgIpc) is 2.63. The Morgan fingerprint density at radius 2 is 2.47 bits per heavy atom. The van der Waals surface area contributed by atoms with Crippen LogP contribution in [-0.4, -0.2) is 28.1 Å². The van der Waals surface area contributed by atoms with Crippen LogP contribution in [0.2, 0.25) is 0 Å². The monoisotopic (exact) mass is 253 g/mol. The first-order valence-electron chi connectivity index (χ1n) is 6.63. The number of hydrogen-bond acceptors (Lipinski definition) is 3. The first-order valence-corrected chi connectivity index (χ1v) is 8.02. The number of nitrogens with one attached hydrogen (secondary N) is 1. The Hall–Kier alpha value is -0.480. The van der Waals surface area contributed by atoms with Crippen molar-refractivity contribution in [1.29, 1.82) is 0 Å². The van der Waals surface area contributed by atoms with Gasteiger partial charge in [-0.25, -0.2) is 4.98 Å². The van der Waals surface area contributed by atoms with Gasteiger partial charge in [-0.1, -0.05) is 13.3 Å². The molecule has 2 heterocycles. The van der Waals surface area contributed by atoms with Crippen molar-refractivity contribution in [3.8, 4) is 0 Å². The van der Waals surface area contributed by atoms with E-state index < -0.39 is 0 Å². The SMILES string of the molecule is CCCc1cn2c(n1)[C@H](CCSC)NCCC2. The fraction of sp³-hybridized carbons (Fsp3) is 0.769. The summed E-state index contributed by atoms with van der Waals surface area (Å²) in [4.78, 5) is 4.83. The Morgan fingerprint density at radius 1 is 1.59 bits per heavy atom. The van der Waals surface area contributed by atoms with Gasteiger partial charge in [0.15, 0.2) is 0 Å². The molecule has 0 aromatic carbocycles. The van der Waals surface area contributed by atoms with Crippen LogP contribution in [0.15, 0.2) is 6.20 Å². The molecule has 0 amide bonds. The number of aromatic nitrogens is 2. The lowest BCUT2D eigenvalue weighted by molar-refractivity contribution is 0.517. The third-order valence-corrected chi connectivity index (χ3v) is 3.90. The van der Waals surface area contributed by atoms with Crippen LogP contribution in [0, 0.1) is 0 Å². The maximum Gasteiger partial charge on any atom is 0.126 e. The molecule has 0 fully saturated rings. The Balaban J connectivity index is 2.14. The molecule has 0 unspecified atom stereocenters. The fourth-order valence-electron chi connectivity index (χ4n) is 2.40. The number of imidazole rings is 1. The lowest BCUT2D eigenvalue weighted by atomic mass is 10.2. The highest BCUT2D eigenvalue weighted by molar-refractivity contribution is 7.98. The molecule has 0 saturated heterocycles. The van der Waals surface area contributed by atoms with E-state index in [1.165, 1.54) is 36.5 Å². The van der Waals surface area contributed by atoms with Crippen LogP contribution in [0.4, 0.5) is 0 Å². The summed E-state index contributed by atoms with van der Waals surface area (Å²) in [5.74, 6) is 2.47.